The van der Waals surface area contributed by atoms with Gasteiger partial charge in [0.25, 0.3) is 0 Å². The summed E-state index contributed by atoms with van der Waals surface area (Å²) >= 11 is 1.44. The van der Waals surface area contributed by atoms with E-state index in [0.717, 1.165) is 49.4 Å². The Morgan fingerprint density at radius 2 is 1.96 bits per heavy atom. The van der Waals surface area contributed by atoms with E-state index in [4.69, 9.17) is 4.74 Å². The van der Waals surface area contributed by atoms with Crippen LogP contribution in [0.25, 0.3) is 11.4 Å². The Labute approximate surface area is 148 Å². The van der Waals surface area contributed by atoms with Gasteiger partial charge in [0.05, 0.1) is 13.2 Å². The Hall–Kier alpha value is -1.50. The molecule has 2 aromatic rings. The molecule has 0 radical (unpaired) electrons. The molecule has 0 amide bonds. The molecule has 2 heterocycles. The van der Waals surface area contributed by atoms with Gasteiger partial charge in [0, 0.05) is 42.8 Å². The average Bonchev–Trinajstić information content (AvgIpc) is 3.09. The van der Waals surface area contributed by atoms with Gasteiger partial charge in [0.1, 0.15) is 0 Å². The highest BCUT2D eigenvalue weighted by Gasteiger charge is 2.22. The number of anilines is 1. The van der Waals surface area contributed by atoms with Crippen molar-refractivity contribution in [2.45, 2.75) is 26.3 Å². The third-order valence-electron chi connectivity index (χ3n) is 4.25. The molecule has 24 heavy (non-hydrogen) atoms. The first-order valence-electron chi connectivity index (χ1n) is 8.67. The topological polar surface area (TPSA) is 50.3 Å². The van der Waals surface area contributed by atoms with Crippen molar-refractivity contribution in [2.75, 3.05) is 38.2 Å². The van der Waals surface area contributed by atoms with E-state index in [1.807, 2.05) is 30.3 Å². The highest BCUT2D eigenvalue weighted by Crippen LogP contribution is 2.21. The van der Waals surface area contributed by atoms with Crippen LogP contribution in [0.4, 0.5) is 5.13 Å². The molecular weight excluding hydrogens is 320 g/mol. The van der Waals surface area contributed by atoms with Gasteiger partial charge in [-0.05, 0) is 12.3 Å². The number of rotatable bonds is 7. The van der Waals surface area contributed by atoms with Crippen LogP contribution >= 0.6 is 11.5 Å². The third kappa shape index (κ3) is 4.75. The van der Waals surface area contributed by atoms with Crippen LogP contribution in [0, 0.1) is 5.92 Å². The van der Waals surface area contributed by atoms with Crippen LogP contribution in [0.15, 0.2) is 30.3 Å². The Balaban J connectivity index is 1.60. The van der Waals surface area contributed by atoms with E-state index in [2.05, 4.69) is 33.4 Å². The average molecular weight is 347 g/mol. The lowest BCUT2D eigenvalue weighted by atomic mass is 10.0. The van der Waals surface area contributed by atoms with E-state index in [0.29, 0.717) is 12.0 Å². The first-order chi connectivity index (χ1) is 11.7. The normalized spacial score (nSPS) is 17.1. The van der Waals surface area contributed by atoms with Gasteiger partial charge in [0.15, 0.2) is 5.82 Å². The fourth-order valence-electron chi connectivity index (χ4n) is 3.05. The summed E-state index contributed by atoms with van der Waals surface area (Å²) in [6, 6.07) is 10.6. The summed E-state index contributed by atoms with van der Waals surface area (Å²) in [4.78, 5) is 7.17. The van der Waals surface area contributed by atoms with Gasteiger partial charge >= 0.3 is 0 Å². The minimum absolute atomic E-state index is 0.512. The van der Waals surface area contributed by atoms with Crippen molar-refractivity contribution in [1.82, 2.24) is 14.3 Å². The van der Waals surface area contributed by atoms with E-state index < -0.39 is 0 Å². The van der Waals surface area contributed by atoms with Crippen molar-refractivity contribution in [3.8, 4) is 11.4 Å². The molecule has 130 valence electrons. The van der Waals surface area contributed by atoms with Crippen LogP contribution < -0.4 is 5.32 Å². The van der Waals surface area contributed by atoms with Crippen molar-refractivity contribution >= 4 is 16.7 Å². The van der Waals surface area contributed by atoms with Gasteiger partial charge in [-0.25, -0.2) is 0 Å². The van der Waals surface area contributed by atoms with Crippen LogP contribution in [0.2, 0.25) is 0 Å². The lowest BCUT2D eigenvalue weighted by molar-refractivity contribution is 0.0151. The maximum Gasteiger partial charge on any atom is 0.202 e. The van der Waals surface area contributed by atoms with E-state index in [-0.39, 0.29) is 0 Å². The Morgan fingerprint density at radius 3 is 2.67 bits per heavy atom. The molecule has 0 saturated carbocycles. The number of aromatic nitrogens is 2. The number of morpholine rings is 1. The highest BCUT2D eigenvalue weighted by molar-refractivity contribution is 7.09. The molecule has 1 fully saturated rings. The van der Waals surface area contributed by atoms with Crippen molar-refractivity contribution < 1.29 is 4.74 Å². The Morgan fingerprint density at radius 1 is 1.21 bits per heavy atom. The van der Waals surface area contributed by atoms with E-state index in [9.17, 15) is 0 Å². The molecule has 0 spiro atoms. The molecule has 1 saturated heterocycles. The van der Waals surface area contributed by atoms with Crippen LogP contribution in [0.3, 0.4) is 0 Å². The molecule has 1 N–H and O–H groups in total. The Kier molecular flexibility index (Phi) is 6.18. The number of nitrogens with zero attached hydrogens (tertiary/aromatic N) is 3. The third-order valence-corrected chi connectivity index (χ3v) is 4.93. The first kappa shape index (κ1) is 17.3. The zero-order chi connectivity index (χ0) is 16.8. The lowest BCUT2D eigenvalue weighted by Gasteiger charge is -2.35. The molecular formula is C18H26N4OS. The number of hydrogen-bond acceptors (Lipinski definition) is 6. The van der Waals surface area contributed by atoms with Gasteiger partial charge in [-0.3, -0.25) is 4.90 Å². The van der Waals surface area contributed by atoms with Crippen molar-refractivity contribution in [3.05, 3.63) is 30.3 Å². The number of benzene rings is 1. The predicted octanol–water partition coefficient (Wildman–Crippen LogP) is 3.36. The maximum atomic E-state index is 5.49. The molecule has 6 heteroatoms. The molecule has 3 rings (SSSR count). The SMILES string of the molecule is CC(C)CC(CNc1nc(-c2ccccc2)ns1)N1CCOCC1. The van der Waals surface area contributed by atoms with Crippen LogP contribution in [0.1, 0.15) is 20.3 Å². The minimum atomic E-state index is 0.512. The summed E-state index contributed by atoms with van der Waals surface area (Å²) in [5, 5.41) is 4.40. The quantitative estimate of drug-likeness (QED) is 0.833. The van der Waals surface area contributed by atoms with Crippen LogP contribution in [-0.4, -0.2) is 53.1 Å². The van der Waals surface area contributed by atoms with Crippen LogP contribution in [-0.2, 0) is 4.74 Å². The van der Waals surface area contributed by atoms with E-state index >= 15 is 0 Å². The number of hydrogen-bond donors (Lipinski definition) is 1. The highest BCUT2D eigenvalue weighted by atomic mass is 32.1. The summed E-state index contributed by atoms with van der Waals surface area (Å²) in [7, 11) is 0. The van der Waals surface area contributed by atoms with Gasteiger partial charge < -0.3 is 10.1 Å². The first-order valence-corrected chi connectivity index (χ1v) is 9.44. The molecule has 5 nitrogen and oxygen atoms in total. The smallest absolute Gasteiger partial charge is 0.202 e. The number of ether oxygens (including phenoxy) is 1. The van der Waals surface area contributed by atoms with Gasteiger partial charge in [-0.15, -0.1) is 0 Å². The fourth-order valence-corrected chi connectivity index (χ4v) is 3.65. The van der Waals surface area contributed by atoms with Gasteiger partial charge in [-0.2, -0.15) is 9.36 Å². The molecule has 1 aromatic carbocycles. The molecule has 1 aliphatic rings. The summed E-state index contributed by atoms with van der Waals surface area (Å²) in [5.41, 5.74) is 1.06. The summed E-state index contributed by atoms with van der Waals surface area (Å²) in [5.74, 6) is 1.48. The van der Waals surface area contributed by atoms with Crippen LogP contribution in [0.5, 0.6) is 0 Å². The molecule has 0 bridgehead atoms. The Bertz CT molecular complexity index is 610. The molecule has 0 aliphatic carbocycles. The molecule has 1 atom stereocenters. The van der Waals surface area contributed by atoms with E-state index in [1.165, 1.54) is 18.0 Å². The van der Waals surface area contributed by atoms with Crippen molar-refractivity contribution in [3.63, 3.8) is 0 Å². The standard InChI is InChI=1S/C18H26N4OS/c1-14(2)12-16(22-8-10-23-11-9-22)13-19-18-20-17(21-24-18)15-6-4-3-5-7-15/h3-7,14,16H,8-13H2,1-2H3,(H,19,20,21). The summed E-state index contributed by atoms with van der Waals surface area (Å²) in [6.07, 6.45) is 1.18. The molecule has 1 unspecified atom stereocenters. The zero-order valence-electron chi connectivity index (χ0n) is 14.4. The minimum Gasteiger partial charge on any atom is -0.379 e. The van der Waals surface area contributed by atoms with Gasteiger partial charge in [-0.1, -0.05) is 44.2 Å². The molecule has 1 aliphatic heterocycles. The zero-order valence-corrected chi connectivity index (χ0v) is 15.3. The second-order valence-electron chi connectivity index (χ2n) is 6.60. The van der Waals surface area contributed by atoms with Crippen molar-refractivity contribution in [2.24, 2.45) is 5.92 Å². The second-order valence-corrected chi connectivity index (χ2v) is 7.35. The molecule has 1 aromatic heterocycles. The summed E-state index contributed by atoms with van der Waals surface area (Å²) in [6.45, 7) is 9.19. The largest absolute Gasteiger partial charge is 0.379 e. The van der Waals surface area contributed by atoms with E-state index in [1.54, 1.807) is 0 Å². The lowest BCUT2D eigenvalue weighted by Crippen LogP contribution is -2.47. The van der Waals surface area contributed by atoms with Gasteiger partial charge in [0.2, 0.25) is 5.13 Å². The fraction of sp³-hybridized carbons (Fsp3) is 0.556. The predicted molar refractivity (Wildman–Crippen MR) is 99.5 cm³/mol. The number of nitrogens with one attached hydrogen (secondary N) is 1. The monoisotopic (exact) mass is 346 g/mol. The summed E-state index contributed by atoms with van der Waals surface area (Å²) < 4.78 is 9.96. The maximum absolute atomic E-state index is 5.49. The van der Waals surface area contributed by atoms with Crippen molar-refractivity contribution in [1.29, 1.82) is 0 Å². The second kappa shape index (κ2) is 8.55.